The van der Waals surface area contributed by atoms with Gasteiger partial charge in [-0.15, -0.1) is 0 Å². The van der Waals surface area contributed by atoms with Gasteiger partial charge in [0.15, 0.2) is 0 Å². The quantitative estimate of drug-likeness (QED) is 0.856. The van der Waals surface area contributed by atoms with E-state index in [4.69, 9.17) is 23.2 Å². The van der Waals surface area contributed by atoms with E-state index in [0.29, 0.717) is 12.0 Å². The van der Waals surface area contributed by atoms with Crippen LogP contribution >= 0.6 is 23.2 Å². The van der Waals surface area contributed by atoms with Gasteiger partial charge in [-0.3, -0.25) is 0 Å². The Bertz CT molecular complexity index is 617. The maximum Gasteiger partial charge on any atom is 0.142 e. The van der Waals surface area contributed by atoms with Crippen molar-refractivity contribution >= 4 is 23.2 Å². The summed E-state index contributed by atoms with van der Waals surface area (Å²) in [4.78, 5) is 0. The van der Waals surface area contributed by atoms with Crippen molar-refractivity contribution < 1.29 is 8.78 Å². The second kappa shape index (κ2) is 6.53. The van der Waals surface area contributed by atoms with E-state index in [1.54, 1.807) is 31.3 Å². The number of halogens is 4. The smallest absolute Gasteiger partial charge is 0.142 e. The molecule has 0 saturated carbocycles. The molecule has 2 rings (SSSR count). The molecule has 2 aromatic rings. The molecular formula is C15H13Cl2F2N. The van der Waals surface area contributed by atoms with Crippen LogP contribution in [0.25, 0.3) is 0 Å². The van der Waals surface area contributed by atoms with Crippen molar-refractivity contribution in [2.24, 2.45) is 0 Å². The highest BCUT2D eigenvalue weighted by Gasteiger charge is 2.15. The Hall–Kier alpha value is -1.16. The first-order valence-corrected chi connectivity index (χ1v) is 6.83. The Balaban J connectivity index is 2.28. The highest BCUT2D eigenvalue weighted by Crippen LogP contribution is 2.27. The van der Waals surface area contributed by atoms with Gasteiger partial charge in [0.25, 0.3) is 0 Å². The summed E-state index contributed by atoms with van der Waals surface area (Å²) in [5.74, 6) is -0.912. The van der Waals surface area contributed by atoms with Gasteiger partial charge in [-0.25, -0.2) is 8.78 Å². The average Bonchev–Trinajstić information content (AvgIpc) is 2.44. The Morgan fingerprint density at radius 3 is 2.50 bits per heavy atom. The minimum atomic E-state index is -0.464. The van der Waals surface area contributed by atoms with Crippen LogP contribution < -0.4 is 5.32 Å². The summed E-state index contributed by atoms with van der Waals surface area (Å²) in [5, 5.41) is 3.27. The van der Waals surface area contributed by atoms with E-state index in [-0.39, 0.29) is 16.1 Å². The molecule has 0 saturated heterocycles. The van der Waals surface area contributed by atoms with Crippen LogP contribution in [-0.4, -0.2) is 7.05 Å². The normalized spacial score (nSPS) is 12.4. The summed E-state index contributed by atoms with van der Waals surface area (Å²) >= 11 is 11.7. The van der Waals surface area contributed by atoms with E-state index in [0.717, 1.165) is 5.56 Å². The van der Waals surface area contributed by atoms with Gasteiger partial charge in [0.05, 0.1) is 10.0 Å². The molecule has 0 bridgehead atoms. The number of nitrogens with one attached hydrogen (secondary N) is 1. The third-order valence-electron chi connectivity index (χ3n) is 3.15. The van der Waals surface area contributed by atoms with Crippen LogP contribution in [0.3, 0.4) is 0 Å². The van der Waals surface area contributed by atoms with E-state index in [1.165, 1.54) is 12.1 Å². The number of hydrogen-bond acceptors (Lipinski definition) is 1. The third-order valence-corrected chi connectivity index (χ3v) is 3.86. The van der Waals surface area contributed by atoms with Crippen molar-refractivity contribution in [2.75, 3.05) is 7.05 Å². The van der Waals surface area contributed by atoms with Crippen LogP contribution in [0.1, 0.15) is 17.2 Å². The van der Waals surface area contributed by atoms with Gasteiger partial charge in [0, 0.05) is 6.04 Å². The number of benzene rings is 2. The number of hydrogen-bond donors (Lipinski definition) is 1. The zero-order chi connectivity index (χ0) is 14.7. The fourth-order valence-corrected chi connectivity index (χ4v) is 2.43. The van der Waals surface area contributed by atoms with Gasteiger partial charge in [0.2, 0.25) is 0 Å². The maximum absolute atomic E-state index is 13.4. The largest absolute Gasteiger partial charge is 0.313 e. The van der Waals surface area contributed by atoms with E-state index >= 15 is 0 Å². The monoisotopic (exact) mass is 315 g/mol. The molecule has 0 spiro atoms. The molecule has 1 N–H and O–H groups in total. The maximum atomic E-state index is 13.4. The van der Waals surface area contributed by atoms with E-state index < -0.39 is 11.6 Å². The Morgan fingerprint density at radius 1 is 1.10 bits per heavy atom. The first-order chi connectivity index (χ1) is 9.52. The Labute approximate surface area is 126 Å². The lowest BCUT2D eigenvalue weighted by Gasteiger charge is -2.18. The molecule has 0 heterocycles. The number of likely N-dealkylation sites (N-methyl/N-ethyl adjacent to an activating group) is 1. The first-order valence-electron chi connectivity index (χ1n) is 6.08. The lowest BCUT2D eigenvalue weighted by molar-refractivity contribution is 0.580. The summed E-state index contributed by atoms with van der Waals surface area (Å²) < 4.78 is 26.6. The van der Waals surface area contributed by atoms with Crippen molar-refractivity contribution in [3.8, 4) is 0 Å². The van der Waals surface area contributed by atoms with Gasteiger partial charge in [0.1, 0.15) is 11.6 Å². The fourth-order valence-electron chi connectivity index (χ4n) is 2.04. The molecule has 106 valence electrons. The molecule has 1 unspecified atom stereocenters. The van der Waals surface area contributed by atoms with Crippen LogP contribution in [0.5, 0.6) is 0 Å². The first kappa shape index (κ1) is 15.2. The predicted molar refractivity (Wildman–Crippen MR) is 78.3 cm³/mol. The minimum absolute atomic E-state index is 0.0630. The van der Waals surface area contributed by atoms with Crippen molar-refractivity contribution in [3.63, 3.8) is 0 Å². The summed E-state index contributed by atoms with van der Waals surface area (Å²) in [6, 6.07) is 9.08. The predicted octanol–water partition coefficient (Wildman–Crippen LogP) is 4.77. The van der Waals surface area contributed by atoms with Crippen molar-refractivity contribution in [1.29, 1.82) is 0 Å². The summed E-state index contributed by atoms with van der Waals surface area (Å²) in [6.45, 7) is 0. The summed E-state index contributed by atoms with van der Waals surface area (Å²) in [5.41, 5.74) is 1.51. The van der Waals surface area contributed by atoms with Gasteiger partial charge in [-0.2, -0.15) is 0 Å². The van der Waals surface area contributed by atoms with Gasteiger partial charge in [-0.1, -0.05) is 41.4 Å². The van der Waals surface area contributed by atoms with Crippen LogP contribution in [0.4, 0.5) is 8.78 Å². The Kier molecular flexibility index (Phi) is 4.97. The molecule has 0 amide bonds. The van der Waals surface area contributed by atoms with E-state index in [1.807, 2.05) is 0 Å². The average molecular weight is 316 g/mol. The topological polar surface area (TPSA) is 12.0 Å². The van der Waals surface area contributed by atoms with Gasteiger partial charge < -0.3 is 5.32 Å². The van der Waals surface area contributed by atoms with Crippen LogP contribution in [0, 0.1) is 11.6 Å². The molecule has 0 radical (unpaired) electrons. The lowest BCUT2D eigenvalue weighted by Crippen LogP contribution is -2.19. The lowest BCUT2D eigenvalue weighted by atomic mass is 9.99. The van der Waals surface area contributed by atoms with Crippen molar-refractivity contribution in [2.45, 2.75) is 12.5 Å². The molecule has 2 aromatic carbocycles. The minimum Gasteiger partial charge on any atom is -0.313 e. The van der Waals surface area contributed by atoms with Gasteiger partial charge in [-0.05, 0) is 42.8 Å². The standard InChI is InChI=1S/C15H13Cl2F2N/c1-20-14(9-5-6-12(18)11(16)7-9)8-10-3-2-4-13(19)15(10)17/h2-7,14,20H,8H2,1H3. The Morgan fingerprint density at radius 2 is 1.85 bits per heavy atom. The van der Waals surface area contributed by atoms with Crippen molar-refractivity contribution in [3.05, 3.63) is 69.2 Å². The number of rotatable bonds is 4. The molecule has 0 aliphatic heterocycles. The molecule has 0 fully saturated rings. The molecule has 5 heteroatoms. The highest BCUT2D eigenvalue weighted by molar-refractivity contribution is 6.31. The molecule has 0 aliphatic carbocycles. The van der Waals surface area contributed by atoms with Crippen molar-refractivity contribution in [1.82, 2.24) is 5.32 Å². The molecule has 0 aliphatic rings. The molecule has 1 nitrogen and oxygen atoms in total. The van der Waals surface area contributed by atoms with E-state index in [2.05, 4.69) is 5.32 Å². The second-order valence-electron chi connectivity index (χ2n) is 4.43. The molecule has 0 aromatic heterocycles. The van der Waals surface area contributed by atoms with Crippen LogP contribution in [0.2, 0.25) is 10.0 Å². The van der Waals surface area contributed by atoms with Gasteiger partial charge >= 0.3 is 0 Å². The SMILES string of the molecule is CNC(Cc1cccc(F)c1Cl)c1ccc(F)c(Cl)c1. The van der Waals surface area contributed by atoms with E-state index in [9.17, 15) is 8.78 Å². The molecular weight excluding hydrogens is 303 g/mol. The molecule has 1 atom stereocenters. The summed E-state index contributed by atoms with van der Waals surface area (Å²) in [7, 11) is 1.77. The fraction of sp³-hybridized carbons (Fsp3) is 0.200. The van der Waals surface area contributed by atoms with Crippen LogP contribution in [0.15, 0.2) is 36.4 Å². The summed E-state index contributed by atoms with van der Waals surface area (Å²) in [6.07, 6.45) is 0.481. The molecule has 20 heavy (non-hydrogen) atoms. The van der Waals surface area contributed by atoms with Crippen LogP contribution in [-0.2, 0) is 6.42 Å². The zero-order valence-electron chi connectivity index (χ0n) is 10.8. The third kappa shape index (κ3) is 3.29. The highest BCUT2D eigenvalue weighted by atomic mass is 35.5. The second-order valence-corrected chi connectivity index (χ2v) is 5.22. The zero-order valence-corrected chi connectivity index (χ0v) is 12.3.